The summed E-state index contributed by atoms with van der Waals surface area (Å²) >= 11 is -3.41. The number of rotatable bonds is 15. The molecule has 14 heteroatoms. The van der Waals surface area contributed by atoms with Crippen LogP contribution in [0, 0.1) is 11.6 Å². The van der Waals surface area contributed by atoms with Crippen molar-refractivity contribution in [1.82, 2.24) is 0 Å². The first-order chi connectivity index (χ1) is 25.3. The van der Waals surface area contributed by atoms with Crippen LogP contribution in [-0.2, 0) is 45.4 Å². The molecular formula is C39H34F2O10S2. The number of aliphatic hydroxyl groups excluding tert-OH is 1. The van der Waals surface area contributed by atoms with E-state index in [2.05, 4.69) is 0 Å². The van der Waals surface area contributed by atoms with Crippen LogP contribution in [0.3, 0.4) is 0 Å². The topological polar surface area (TPSA) is 146 Å². The second-order valence-electron chi connectivity index (χ2n) is 11.0. The van der Waals surface area contributed by atoms with E-state index >= 15 is 0 Å². The quantitative estimate of drug-likeness (QED) is 0.0318. The van der Waals surface area contributed by atoms with E-state index in [0.717, 1.165) is 18.2 Å². The lowest BCUT2D eigenvalue weighted by molar-refractivity contribution is -0.132. The Hall–Kier alpha value is -5.54. The smallest absolute Gasteiger partial charge is 0.344 e. The summed E-state index contributed by atoms with van der Waals surface area (Å²) in [4.78, 5) is 27.4. The highest BCUT2D eigenvalue weighted by Gasteiger charge is 2.25. The van der Waals surface area contributed by atoms with Crippen molar-refractivity contribution in [3.63, 3.8) is 0 Å². The van der Waals surface area contributed by atoms with Gasteiger partial charge in [0.2, 0.25) is 11.1 Å². The average molecular weight is 765 g/mol. The summed E-state index contributed by atoms with van der Waals surface area (Å²) in [6.07, 6.45) is 3.84. The molecule has 4 rings (SSSR count). The van der Waals surface area contributed by atoms with Gasteiger partial charge in [0.25, 0.3) is 0 Å². The van der Waals surface area contributed by atoms with Gasteiger partial charge < -0.3 is 23.9 Å². The van der Waals surface area contributed by atoms with Crippen LogP contribution >= 0.6 is 0 Å². The van der Waals surface area contributed by atoms with Crippen molar-refractivity contribution in [3.8, 4) is 5.75 Å². The monoisotopic (exact) mass is 764 g/mol. The fourth-order valence-corrected chi connectivity index (χ4v) is 6.15. The molecule has 2 N–H and O–H groups in total. The summed E-state index contributed by atoms with van der Waals surface area (Å²) in [5, 5.41) is 19.8. The third-order valence-corrected chi connectivity index (χ3v) is 8.75. The molecule has 4 aromatic rings. The summed E-state index contributed by atoms with van der Waals surface area (Å²) in [5.41, 5.74) is 0.866. The first kappa shape index (κ1) is 40.2. The zero-order valence-corrected chi connectivity index (χ0v) is 30.5. The fourth-order valence-electron chi connectivity index (χ4n) is 5.22. The standard InChI is InChI=1S/C39H34F2O10S2/c1-24(22-49-23-42)35(27-11-15-32(16-12-27)51-52(4)46)37(29-8-6-10-31(41)21-29)39(45)50-25(2)19-34(26-13-17-33(18-14-26)53(47)48-3)36(38(43)44)28-7-5-9-30(40)20-28/h5-22,42H,23H2,1-4H3,(H,43,44)/b24-22+,25-19+,36-34+,37-35+. The van der Waals surface area contributed by atoms with Gasteiger partial charge in [0.15, 0.2) is 17.9 Å². The van der Waals surface area contributed by atoms with Crippen LogP contribution in [0.2, 0.25) is 0 Å². The van der Waals surface area contributed by atoms with Gasteiger partial charge in [0, 0.05) is 17.4 Å². The Morgan fingerprint density at radius 3 is 1.85 bits per heavy atom. The van der Waals surface area contributed by atoms with Crippen molar-refractivity contribution in [2.24, 2.45) is 0 Å². The number of esters is 1. The van der Waals surface area contributed by atoms with Gasteiger partial charge in [-0.05, 0) is 96.3 Å². The lowest BCUT2D eigenvalue weighted by atomic mass is 9.90. The molecule has 2 unspecified atom stereocenters. The lowest BCUT2D eigenvalue weighted by Gasteiger charge is -2.18. The number of hydrogen-bond donors (Lipinski definition) is 2. The SMILES string of the molecule is COS(=O)c1ccc(C(/C=C(\C)OC(=O)/C(=C(\C(C)=C\OCO)c2ccc(OS(C)=O)cc2)c2cccc(F)c2)=C(/C(=O)O)c2cccc(F)c2)cc1. The minimum absolute atomic E-state index is 0.0102. The van der Waals surface area contributed by atoms with E-state index in [1.807, 2.05) is 0 Å². The van der Waals surface area contributed by atoms with Crippen molar-refractivity contribution in [3.05, 3.63) is 155 Å². The molecule has 0 amide bonds. The summed E-state index contributed by atoms with van der Waals surface area (Å²) in [6.45, 7) is 2.30. The molecule has 4 aromatic carbocycles. The molecule has 53 heavy (non-hydrogen) atoms. The number of hydrogen-bond acceptors (Lipinski definition) is 9. The first-order valence-electron chi connectivity index (χ1n) is 15.6. The van der Waals surface area contributed by atoms with Crippen LogP contribution in [0.4, 0.5) is 8.78 Å². The molecule has 0 aliphatic heterocycles. The number of carbonyl (C=O) groups is 2. The maximum absolute atomic E-state index is 14.7. The number of aliphatic carboxylic acids is 1. The highest BCUT2D eigenvalue weighted by Crippen LogP contribution is 2.36. The molecule has 0 saturated heterocycles. The third kappa shape index (κ3) is 10.7. The zero-order chi connectivity index (χ0) is 38.7. The van der Waals surface area contributed by atoms with Gasteiger partial charge in [-0.3, -0.25) is 4.18 Å². The number of halogens is 2. The van der Waals surface area contributed by atoms with Crippen LogP contribution < -0.4 is 4.18 Å². The summed E-state index contributed by atoms with van der Waals surface area (Å²) in [5.74, 6) is -3.60. The van der Waals surface area contributed by atoms with E-state index in [-0.39, 0.29) is 50.5 Å². The number of aliphatic hydroxyl groups is 1. The zero-order valence-electron chi connectivity index (χ0n) is 28.8. The van der Waals surface area contributed by atoms with Gasteiger partial charge in [-0.1, -0.05) is 48.5 Å². The Balaban J connectivity index is 1.95. The Morgan fingerprint density at radius 1 is 0.774 bits per heavy atom. The Morgan fingerprint density at radius 2 is 1.34 bits per heavy atom. The molecule has 0 fully saturated rings. The fraction of sp³-hybridized carbons (Fsp3) is 0.128. The summed E-state index contributed by atoms with van der Waals surface area (Å²) in [7, 11) is 1.26. The number of benzene rings is 4. The second-order valence-corrected chi connectivity index (χ2v) is 13.3. The molecule has 0 aliphatic rings. The average Bonchev–Trinajstić information content (AvgIpc) is 3.12. The van der Waals surface area contributed by atoms with Crippen LogP contribution in [0.5, 0.6) is 5.75 Å². The van der Waals surface area contributed by atoms with Crippen LogP contribution in [-0.4, -0.2) is 50.7 Å². The van der Waals surface area contributed by atoms with Gasteiger partial charge in [-0.25, -0.2) is 26.8 Å². The van der Waals surface area contributed by atoms with Crippen molar-refractivity contribution >= 4 is 56.4 Å². The normalized spacial score (nSPS) is 14.0. The predicted molar refractivity (Wildman–Crippen MR) is 197 cm³/mol. The van der Waals surface area contributed by atoms with E-state index in [4.69, 9.17) is 17.8 Å². The number of ether oxygens (including phenoxy) is 2. The Bertz CT molecular complexity index is 2160. The summed E-state index contributed by atoms with van der Waals surface area (Å²) in [6, 6.07) is 22.2. The molecule has 0 spiro atoms. The van der Waals surface area contributed by atoms with E-state index in [1.54, 1.807) is 19.1 Å². The first-order valence-corrected chi connectivity index (χ1v) is 18.1. The van der Waals surface area contributed by atoms with Crippen molar-refractivity contribution in [2.45, 2.75) is 18.7 Å². The molecule has 2 atom stereocenters. The Kier molecular flexibility index (Phi) is 14.3. The van der Waals surface area contributed by atoms with E-state index in [1.165, 1.54) is 99.4 Å². The molecule has 10 nitrogen and oxygen atoms in total. The highest BCUT2D eigenvalue weighted by atomic mass is 32.2. The predicted octanol–water partition coefficient (Wildman–Crippen LogP) is 7.23. The number of carboxylic acids is 1. The maximum Gasteiger partial charge on any atom is 0.344 e. The van der Waals surface area contributed by atoms with Crippen LogP contribution in [0.15, 0.2) is 126 Å². The van der Waals surface area contributed by atoms with Gasteiger partial charge in [-0.15, -0.1) is 0 Å². The molecule has 0 bridgehead atoms. The Labute approximate surface area is 309 Å². The van der Waals surface area contributed by atoms with Gasteiger partial charge in [0.05, 0.1) is 29.4 Å². The van der Waals surface area contributed by atoms with Crippen molar-refractivity contribution in [2.75, 3.05) is 20.2 Å². The third-order valence-electron chi connectivity index (χ3n) is 7.36. The number of carbonyl (C=O) groups excluding carboxylic acids is 1. The highest BCUT2D eigenvalue weighted by molar-refractivity contribution is 7.80. The largest absolute Gasteiger partial charge is 0.478 e. The number of allylic oxidation sites excluding steroid dienone is 5. The molecule has 0 aliphatic carbocycles. The van der Waals surface area contributed by atoms with E-state index in [9.17, 15) is 37.0 Å². The van der Waals surface area contributed by atoms with E-state index < -0.39 is 52.5 Å². The molecule has 0 aromatic heterocycles. The van der Waals surface area contributed by atoms with Crippen LogP contribution in [0.25, 0.3) is 22.3 Å². The minimum Gasteiger partial charge on any atom is -0.478 e. The second kappa shape index (κ2) is 18.8. The van der Waals surface area contributed by atoms with Crippen molar-refractivity contribution in [1.29, 1.82) is 0 Å². The molecule has 0 radical (unpaired) electrons. The van der Waals surface area contributed by atoms with Gasteiger partial charge in [-0.2, -0.15) is 0 Å². The molecule has 276 valence electrons. The minimum atomic E-state index is -1.79. The molecule has 0 heterocycles. The van der Waals surface area contributed by atoms with Gasteiger partial charge in [0.1, 0.15) is 23.1 Å². The van der Waals surface area contributed by atoms with Gasteiger partial charge >= 0.3 is 11.9 Å². The van der Waals surface area contributed by atoms with Crippen molar-refractivity contribution < 1.29 is 54.8 Å². The summed E-state index contributed by atoms with van der Waals surface area (Å²) < 4.78 is 74.0. The van der Waals surface area contributed by atoms with Crippen LogP contribution in [0.1, 0.15) is 36.1 Å². The lowest BCUT2D eigenvalue weighted by Crippen LogP contribution is -2.11. The van der Waals surface area contributed by atoms with E-state index in [0.29, 0.717) is 16.0 Å². The maximum atomic E-state index is 14.7. The molecule has 0 saturated carbocycles. The number of carboxylic acid groups (broad SMARTS) is 1. The molecular weight excluding hydrogens is 731 g/mol.